The Morgan fingerprint density at radius 2 is 1.90 bits per heavy atom. The monoisotopic (exact) mass is 285 g/mol. The van der Waals surface area contributed by atoms with Crippen LogP contribution in [0.4, 0.5) is 16.3 Å². The van der Waals surface area contributed by atoms with Crippen LogP contribution in [0.25, 0.3) is 0 Å². The SMILES string of the molecule is Cc1ccc(NC(=O)NCc2nccc(N(C)C)n2)cc1. The van der Waals surface area contributed by atoms with Gasteiger partial charge in [0.15, 0.2) is 0 Å². The maximum absolute atomic E-state index is 11.8. The highest BCUT2D eigenvalue weighted by Crippen LogP contribution is 2.08. The number of hydrogen-bond donors (Lipinski definition) is 2. The predicted molar refractivity (Wildman–Crippen MR) is 83.4 cm³/mol. The standard InChI is InChI=1S/C15H19N5O/c1-11-4-6-12(7-5-11)18-15(21)17-10-13-16-9-8-14(19-13)20(2)3/h4-9H,10H2,1-3H3,(H2,17,18,21). The molecule has 2 aromatic rings. The second kappa shape index (κ2) is 6.69. The second-order valence-electron chi connectivity index (χ2n) is 4.90. The van der Waals surface area contributed by atoms with Crippen molar-refractivity contribution >= 4 is 17.5 Å². The van der Waals surface area contributed by atoms with Gasteiger partial charge in [-0.05, 0) is 25.1 Å². The molecule has 1 aromatic heterocycles. The molecular formula is C15H19N5O. The minimum Gasteiger partial charge on any atom is -0.363 e. The average molecular weight is 285 g/mol. The van der Waals surface area contributed by atoms with E-state index in [1.54, 1.807) is 6.20 Å². The first-order valence-electron chi connectivity index (χ1n) is 6.65. The van der Waals surface area contributed by atoms with Gasteiger partial charge in [-0.1, -0.05) is 17.7 Å². The van der Waals surface area contributed by atoms with Crippen molar-refractivity contribution in [3.05, 3.63) is 47.9 Å². The van der Waals surface area contributed by atoms with E-state index in [1.807, 2.05) is 56.3 Å². The van der Waals surface area contributed by atoms with Crippen LogP contribution < -0.4 is 15.5 Å². The summed E-state index contributed by atoms with van der Waals surface area (Å²) in [6.07, 6.45) is 1.68. The van der Waals surface area contributed by atoms with Crippen LogP contribution in [-0.4, -0.2) is 30.1 Å². The van der Waals surface area contributed by atoms with E-state index in [2.05, 4.69) is 20.6 Å². The highest BCUT2D eigenvalue weighted by molar-refractivity contribution is 5.89. The minimum absolute atomic E-state index is 0.277. The Morgan fingerprint density at radius 1 is 1.19 bits per heavy atom. The van der Waals surface area contributed by atoms with E-state index in [1.165, 1.54) is 0 Å². The fraction of sp³-hybridized carbons (Fsp3) is 0.267. The van der Waals surface area contributed by atoms with E-state index in [4.69, 9.17) is 0 Å². The van der Waals surface area contributed by atoms with Crippen LogP contribution in [-0.2, 0) is 6.54 Å². The van der Waals surface area contributed by atoms with E-state index in [0.29, 0.717) is 5.82 Å². The second-order valence-corrected chi connectivity index (χ2v) is 4.90. The molecule has 0 radical (unpaired) electrons. The van der Waals surface area contributed by atoms with Crippen molar-refractivity contribution in [2.24, 2.45) is 0 Å². The molecule has 21 heavy (non-hydrogen) atoms. The van der Waals surface area contributed by atoms with Gasteiger partial charge in [-0.25, -0.2) is 14.8 Å². The summed E-state index contributed by atoms with van der Waals surface area (Å²) in [5.41, 5.74) is 1.90. The summed E-state index contributed by atoms with van der Waals surface area (Å²) >= 11 is 0. The van der Waals surface area contributed by atoms with Crippen molar-refractivity contribution < 1.29 is 4.79 Å². The van der Waals surface area contributed by atoms with Crippen LogP contribution in [0.1, 0.15) is 11.4 Å². The zero-order valence-electron chi connectivity index (χ0n) is 12.4. The maximum Gasteiger partial charge on any atom is 0.319 e. The highest BCUT2D eigenvalue weighted by atomic mass is 16.2. The van der Waals surface area contributed by atoms with Gasteiger partial charge in [0.25, 0.3) is 0 Å². The third-order valence-electron chi connectivity index (χ3n) is 2.87. The van der Waals surface area contributed by atoms with E-state index < -0.39 is 0 Å². The number of amides is 2. The molecule has 2 rings (SSSR count). The fourth-order valence-electron chi connectivity index (χ4n) is 1.69. The molecular weight excluding hydrogens is 266 g/mol. The molecule has 1 heterocycles. The lowest BCUT2D eigenvalue weighted by molar-refractivity contribution is 0.251. The van der Waals surface area contributed by atoms with Gasteiger partial charge in [0.2, 0.25) is 0 Å². The third-order valence-corrected chi connectivity index (χ3v) is 2.87. The van der Waals surface area contributed by atoms with Gasteiger partial charge in [0.05, 0.1) is 6.54 Å². The summed E-state index contributed by atoms with van der Waals surface area (Å²) in [5, 5.41) is 5.50. The van der Waals surface area contributed by atoms with Crippen molar-refractivity contribution in [3.63, 3.8) is 0 Å². The van der Waals surface area contributed by atoms with Crippen LogP contribution in [0, 0.1) is 6.92 Å². The molecule has 0 aliphatic rings. The van der Waals surface area contributed by atoms with Gasteiger partial charge in [0.1, 0.15) is 11.6 Å². The highest BCUT2D eigenvalue weighted by Gasteiger charge is 2.04. The molecule has 2 N–H and O–H groups in total. The molecule has 0 fully saturated rings. The van der Waals surface area contributed by atoms with Crippen LogP contribution in [0.15, 0.2) is 36.5 Å². The predicted octanol–water partition coefficient (Wildman–Crippen LogP) is 2.17. The molecule has 0 aliphatic heterocycles. The van der Waals surface area contributed by atoms with Crippen molar-refractivity contribution in [2.75, 3.05) is 24.3 Å². The van der Waals surface area contributed by atoms with E-state index in [-0.39, 0.29) is 12.6 Å². The normalized spacial score (nSPS) is 10.0. The molecule has 6 heteroatoms. The number of aromatic nitrogens is 2. The lowest BCUT2D eigenvalue weighted by Crippen LogP contribution is -2.29. The van der Waals surface area contributed by atoms with Crippen molar-refractivity contribution in [1.29, 1.82) is 0 Å². The van der Waals surface area contributed by atoms with E-state index in [0.717, 1.165) is 17.1 Å². The Bertz CT molecular complexity index is 610. The Labute approximate surface area is 124 Å². The number of urea groups is 1. The van der Waals surface area contributed by atoms with Gasteiger partial charge in [-0.15, -0.1) is 0 Å². The molecule has 0 aliphatic carbocycles. The number of rotatable bonds is 4. The molecule has 110 valence electrons. The topological polar surface area (TPSA) is 70.2 Å². The third kappa shape index (κ3) is 4.45. The molecule has 6 nitrogen and oxygen atoms in total. The first-order valence-corrected chi connectivity index (χ1v) is 6.65. The smallest absolute Gasteiger partial charge is 0.319 e. The molecule has 2 amide bonds. The van der Waals surface area contributed by atoms with Crippen LogP contribution in [0.3, 0.4) is 0 Å². The molecule has 0 unspecified atom stereocenters. The van der Waals surface area contributed by atoms with Gasteiger partial charge in [-0.2, -0.15) is 0 Å². The molecule has 1 aromatic carbocycles. The molecule has 0 saturated carbocycles. The number of anilines is 2. The van der Waals surface area contributed by atoms with Gasteiger partial charge < -0.3 is 15.5 Å². The molecule has 0 atom stereocenters. The summed E-state index contributed by atoms with van der Waals surface area (Å²) in [5.74, 6) is 1.38. The van der Waals surface area contributed by atoms with Crippen molar-refractivity contribution in [1.82, 2.24) is 15.3 Å². The zero-order chi connectivity index (χ0) is 15.2. The minimum atomic E-state index is -0.280. The zero-order valence-corrected chi connectivity index (χ0v) is 12.4. The Kier molecular flexibility index (Phi) is 4.71. The fourth-order valence-corrected chi connectivity index (χ4v) is 1.69. The van der Waals surface area contributed by atoms with E-state index >= 15 is 0 Å². The number of carbonyl (C=O) groups is 1. The van der Waals surface area contributed by atoms with Crippen LogP contribution in [0.2, 0.25) is 0 Å². The number of carbonyl (C=O) groups excluding carboxylic acids is 1. The molecule has 0 saturated heterocycles. The summed E-state index contributed by atoms with van der Waals surface area (Å²) in [7, 11) is 3.81. The molecule has 0 spiro atoms. The average Bonchev–Trinajstić information content (AvgIpc) is 2.48. The number of benzene rings is 1. The number of aryl methyl sites for hydroxylation is 1. The summed E-state index contributed by atoms with van der Waals surface area (Å²) in [4.78, 5) is 22.2. The quantitative estimate of drug-likeness (QED) is 0.903. The van der Waals surface area contributed by atoms with Gasteiger partial charge in [-0.3, -0.25) is 0 Å². The Hall–Kier alpha value is -2.63. The van der Waals surface area contributed by atoms with Gasteiger partial charge >= 0.3 is 6.03 Å². The Morgan fingerprint density at radius 3 is 2.57 bits per heavy atom. The first-order chi connectivity index (χ1) is 10.0. The Balaban J connectivity index is 1.89. The summed E-state index contributed by atoms with van der Waals surface area (Å²) < 4.78 is 0. The van der Waals surface area contributed by atoms with Crippen molar-refractivity contribution in [2.45, 2.75) is 13.5 Å². The maximum atomic E-state index is 11.8. The number of nitrogens with zero attached hydrogens (tertiary/aromatic N) is 3. The summed E-state index contributed by atoms with van der Waals surface area (Å²) in [6, 6.07) is 9.14. The largest absolute Gasteiger partial charge is 0.363 e. The number of hydrogen-bond acceptors (Lipinski definition) is 4. The van der Waals surface area contributed by atoms with Crippen LogP contribution in [0.5, 0.6) is 0 Å². The lowest BCUT2D eigenvalue weighted by atomic mass is 10.2. The number of nitrogens with one attached hydrogen (secondary N) is 2. The first kappa shape index (κ1) is 14.8. The van der Waals surface area contributed by atoms with E-state index in [9.17, 15) is 4.79 Å². The van der Waals surface area contributed by atoms with Crippen molar-refractivity contribution in [3.8, 4) is 0 Å². The van der Waals surface area contributed by atoms with Crippen LogP contribution >= 0.6 is 0 Å². The summed E-state index contributed by atoms with van der Waals surface area (Å²) in [6.45, 7) is 2.28. The molecule has 0 bridgehead atoms. The lowest BCUT2D eigenvalue weighted by Gasteiger charge is -2.12. The van der Waals surface area contributed by atoms with Gasteiger partial charge in [0, 0.05) is 26.0 Å².